The second-order valence-electron chi connectivity index (χ2n) is 14.0. The van der Waals surface area contributed by atoms with E-state index in [4.69, 9.17) is 0 Å². The minimum absolute atomic E-state index is 0.0362. The number of likely N-dealkylation sites (N-methyl/N-ethyl adjacent to an activating group) is 1. The molecule has 4 aliphatic carbocycles. The van der Waals surface area contributed by atoms with E-state index in [1.807, 2.05) is 0 Å². The Hall–Kier alpha value is -0.240. The van der Waals surface area contributed by atoms with Crippen molar-refractivity contribution < 1.29 is 15.3 Å². The molecule has 6 fully saturated rings. The highest BCUT2D eigenvalue weighted by Crippen LogP contribution is 2.68. The quantitative estimate of drug-likeness (QED) is 0.554. The van der Waals surface area contributed by atoms with Gasteiger partial charge in [-0.3, -0.25) is 9.80 Å². The van der Waals surface area contributed by atoms with Gasteiger partial charge in [0.05, 0.1) is 17.8 Å². The molecule has 5 unspecified atom stereocenters. The van der Waals surface area contributed by atoms with E-state index < -0.39 is 11.7 Å². The van der Waals surface area contributed by atoms with Crippen molar-refractivity contribution in [3.05, 3.63) is 0 Å². The molecule has 0 aromatic rings. The summed E-state index contributed by atoms with van der Waals surface area (Å²) in [5, 5.41) is 35.3. The minimum Gasteiger partial charge on any atom is -0.393 e. The van der Waals surface area contributed by atoms with E-state index in [-0.39, 0.29) is 29.0 Å². The second kappa shape index (κ2) is 8.91. The molecule has 200 valence electrons. The minimum atomic E-state index is -0.866. The maximum atomic E-state index is 13.0. The van der Waals surface area contributed by atoms with Crippen LogP contribution in [0.3, 0.4) is 0 Å². The summed E-state index contributed by atoms with van der Waals surface area (Å²) in [6.07, 6.45) is 9.84. The molecule has 2 aliphatic heterocycles. The summed E-state index contributed by atoms with van der Waals surface area (Å²) in [7, 11) is 2.20. The van der Waals surface area contributed by atoms with Crippen LogP contribution in [0.25, 0.3) is 0 Å². The van der Waals surface area contributed by atoms with Gasteiger partial charge in [0.25, 0.3) is 0 Å². The average Bonchev–Trinajstić information content (AvgIpc) is 3.15. The number of fused-ring (bicyclic) bond motifs is 5. The fourth-order valence-electron chi connectivity index (χ4n) is 10.6. The normalized spacial score (nSPS) is 54.2. The fraction of sp³-hybridized carbons (Fsp3) is 1.00. The van der Waals surface area contributed by atoms with Crippen LogP contribution >= 0.6 is 0 Å². The number of piperazine rings is 1. The van der Waals surface area contributed by atoms with Gasteiger partial charge in [-0.15, -0.1) is 0 Å². The predicted octanol–water partition coefficient (Wildman–Crippen LogP) is 2.56. The first-order chi connectivity index (χ1) is 16.7. The zero-order valence-electron chi connectivity index (χ0n) is 22.5. The SMILES string of the molecule is CN1CCN(C2C[C@@H]3[C@@H](CC[C@]4(C)C(O)CC[C@@H]34)[C@@]3(C)C(N4CCCCC4)CC(O)CC23O)CC1. The van der Waals surface area contributed by atoms with Crippen LogP contribution in [0.4, 0.5) is 0 Å². The number of aliphatic hydroxyl groups is 3. The van der Waals surface area contributed by atoms with Crippen molar-refractivity contribution in [2.45, 2.75) is 108 Å². The van der Waals surface area contributed by atoms with E-state index >= 15 is 0 Å². The molecule has 0 amide bonds. The van der Waals surface area contributed by atoms with Gasteiger partial charge < -0.3 is 20.2 Å². The molecule has 2 heterocycles. The zero-order chi connectivity index (χ0) is 24.6. The first-order valence-corrected chi connectivity index (χ1v) is 14.9. The van der Waals surface area contributed by atoms with Crippen molar-refractivity contribution in [1.82, 2.24) is 14.7 Å². The average molecular weight is 490 g/mol. The van der Waals surface area contributed by atoms with Crippen LogP contribution in [0.5, 0.6) is 0 Å². The largest absolute Gasteiger partial charge is 0.393 e. The van der Waals surface area contributed by atoms with Crippen molar-refractivity contribution in [2.75, 3.05) is 46.3 Å². The van der Waals surface area contributed by atoms with Crippen LogP contribution in [0.1, 0.15) is 78.1 Å². The van der Waals surface area contributed by atoms with Crippen molar-refractivity contribution in [2.24, 2.45) is 28.6 Å². The van der Waals surface area contributed by atoms with Crippen LogP contribution in [-0.2, 0) is 0 Å². The topological polar surface area (TPSA) is 70.4 Å². The fourth-order valence-corrected chi connectivity index (χ4v) is 10.6. The van der Waals surface area contributed by atoms with Gasteiger partial charge in [0.2, 0.25) is 0 Å². The number of likely N-dealkylation sites (tertiary alicyclic amines) is 1. The molecular weight excluding hydrogens is 438 g/mol. The highest BCUT2D eigenvalue weighted by atomic mass is 16.3. The molecule has 6 nitrogen and oxygen atoms in total. The lowest BCUT2D eigenvalue weighted by atomic mass is 9.41. The lowest BCUT2D eigenvalue weighted by molar-refractivity contribution is -0.276. The molecule has 0 aromatic heterocycles. The highest BCUT2D eigenvalue weighted by Gasteiger charge is 2.71. The molecule has 3 N–H and O–H groups in total. The molecule has 0 bridgehead atoms. The van der Waals surface area contributed by atoms with Gasteiger partial charge >= 0.3 is 0 Å². The molecule has 6 heteroatoms. The maximum absolute atomic E-state index is 13.0. The molecule has 0 spiro atoms. The number of aliphatic hydroxyl groups excluding tert-OH is 2. The summed E-state index contributed by atoms with van der Waals surface area (Å²) in [6, 6.07) is 0.347. The van der Waals surface area contributed by atoms with E-state index in [0.29, 0.717) is 24.2 Å². The third kappa shape index (κ3) is 3.64. The molecule has 6 rings (SSSR count). The molecule has 10 atom stereocenters. The summed E-state index contributed by atoms with van der Waals surface area (Å²) < 4.78 is 0. The Labute approximate surface area is 213 Å². The summed E-state index contributed by atoms with van der Waals surface area (Å²) in [4.78, 5) is 7.69. The first kappa shape index (κ1) is 25.1. The Morgan fingerprint density at radius 1 is 0.743 bits per heavy atom. The van der Waals surface area contributed by atoms with E-state index in [1.54, 1.807) is 0 Å². The molecular formula is C29H51N3O3. The van der Waals surface area contributed by atoms with Gasteiger partial charge in [0, 0.05) is 50.1 Å². The van der Waals surface area contributed by atoms with Crippen molar-refractivity contribution in [3.63, 3.8) is 0 Å². The molecule has 0 aromatic carbocycles. The standard InChI is InChI=1S/C29H51N3O3/c1-27-10-9-23-21(22(27)7-8-26(27)34)18-25(32-15-13-30(3)14-16-32)29(35)19-20(33)17-24(28(23,29)2)31-11-5-4-6-12-31/h20-26,33-35H,4-19H2,1-3H3/t20?,21-,22-,23+,24?,25?,26?,27-,28-,29?/m0/s1. The van der Waals surface area contributed by atoms with E-state index in [9.17, 15) is 15.3 Å². The third-order valence-corrected chi connectivity index (χ3v) is 12.7. The Kier molecular flexibility index (Phi) is 6.38. The van der Waals surface area contributed by atoms with Gasteiger partial charge in [0.1, 0.15) is 0 Å². The summed E-state index contributed by atoms with van der Waals surface area (Å²) in [6.45, 7) is 11.2. The molecule has 35 heavy (non-hydrogen) atoms. The highest BCUT2D eigenvalue weighted by molar-refractivity contribution is 5.22. The molecule has 2 saturated heterocycles. The first-order valence-electron chi connectivity index (χ1n) is 14.9. The van der Waals surface area contributed by atoms with Gasteiger partial charge in [-0.1, -0.05) is 20.3 Å². The lowest BCUT2D eigenvalue weighted by Gasteiger charge is -2.70. The van der Waals surface area contributed by atoms with Gasteiger partial charge in [-0.05, 0) is 94.7 Å². The van der Waals surface area contributed by atoms with Crippen LogP contribution in [-0.4, -0.2) is 106 Å². The van der Waals surface area contributed by atoms with Crippen molar-refractivity contribution >= 4 is 0 Å². The Balaban J connectivity index is 1.43. The monoisotopic (exact) mass is 489 g/mol. The number of piperidine rings is 1. The zero-order valence-corrected chi connectivity index (χ0v) is 22.5. The number of rotatable bonds is 2. The Bertz CT molecular complexity index is 783. The second-order valence-corrected chi connectivity index (χ2v) is 14.0. The van der Waals surface area contributed by atoms with Gasteiger partial charge in [-0.2, -0.15) is 0 Å². The summed E-state index contributed by atoms with van der Waals surface area (Å²) >= 11 is 0. The maximum Gasteiger partial charge on any atom is 0.0897 e. The number of hydrogen-bond acceptors (Lipinski definition) is 6. The lowest BCUT2D eigenvalue weighted by Crippen LogP contribution is -2.78. The molecule has 0 radical (unpaired) electrons. The van der Waals surface area contributed by atoms with E-state index in [0.717, 1.165) is 77.8 Å². The predicted molar refractivity (Wildman–Crippen MR) is 138 cm³/mol. The third-order valence-electron chi connectivity index (χ3n) is 12.7. The van der Waals surface area contributed by atoms with Gasteiger partial charge in [-0.25, -0.2) is 0 Å². The van der Waals surface area contributed by atoms with Crippen molar-refractivity contribution in [3.8, 4) is 0 Å². The van der Waals surface area contributed by atoms with Crippen LogP contribution in [0.2, 0.25) is 0 Å². The smallest absolute Gasteiger partial charge is 0.0897 e. The molecule has 6 aliphatic rings. The van der Waals surface area contributed by atoms with Crippen LogP contribution < -0.4 is 0 Å². The summed E-state index contributed by atoms with van der Waals surface area (Å²) in [5.41, 5.74) is -1.06. The number of hydrogen-bond donors (Lipinski definition) is 3. The Morgan fingerprint density at radius 3 is 2.14 bits per heavy atom. The van der Waals surface area contributed by atoms with Crippen LogP contribution in [0.15, 0.2) is 0 Å². The molecule has 4 saturated carbocycles. The van der Waals surface area contributed by atoms with E-state index in [1.165, 1.54) is 19.3 Å². The van der Waals surface area contributed by atoms with Crippen molar-refractivity contribution in [1.29, 1.82) is 0 Å². The number of nitrogens with zero attached hydrogens (tertiary/aromatic N) is 3. The van der Waals surface area contributed by atoms with Crippen LogP contribution in [0, 0.1) is 28.6 Å². The summed E-state index contributed by atoms with van der Waals surface area (Å²) in [5.74, 6) is 1.59. The van der Waals surface area contributed by atoms with E-state index in [2.05, 4.69) is 35.6 Å². The Morgan fingerprint density at radius 2 is 1.43 bits per heavy atom. The van der Waals surface area contributed by atoms with Gasteiger partial charge in [0.15, 0.2) is 0 Å².